The average Bonchev–Trinajstić information content (AvgIpc) is 2.48. The third-order valence-corrected chi connectivity index (χ3v) is 1.48. The summed E-state index contributed by atoms with van der Waals surface area (Å²) in [6.45, 7) is 6.50. The third-order valence-electron chi connectivity index (χ3n) is 1.48. The molecule has 4 heteroatoms. The highest BCUT2D eigenvalue weighted by Crippen LogP contribution is 2.07. The average molecular weight is 164 g/mol. The van der Waals surface area contributed by atoms with E-state index in [2.05, 4.69) is 41.2 Å². The van der Waals surface area contributed by atoms with Crippen molar-refractivity contribution in [1.82, 2.24) is 20.2 Å². The molecule has 0 aliphatic rings. The molecule has 1 rings (SSSR count). The smallest absolute Gasteiger partial charge is 0.154 e. The minimum atomic E-state index is 0.346. The summed E-state index contributed by atoms with van der Waals surface area (Å²) in [4.78, 5) is 0. The summed E-state index contributed by atoms with van der Waals surface area (Å²) in [5, 5.41) is 11.3. The van der Waals surface area contributed by atoms with Crippen molar-refractivity contribution in [2.45, 2.75) is 33.2 Å². The molecule has 0 saturated heterocycles. The zero-order valence-electron chi connectivity index (χ0n) is 7.57. The Bertz CT molecular complexity index is 302. The molecule has 0 radical (unpaired) electrons. The second-order valence-electron chi connectivity index (χ2n) is 2.78. The fraction of sp³-hybridized carbons (Fsp3) is 0.625. The van der Waals surface area contributed by atoms with E-state index in [1.807, 2.05) is 0 Å². The highest BCUT2D eigenvalue weighted by molar-refractivity contribution is 4.98. The number of aromatic nitrogens is 4. The van der Waals surface area contributed by atoms with Gasteiger partial charge in [-0.05, 0) is 17.4 Å². The number of tetrazole rings is 1. The predicted molar refractivity (Wildman–Crippen MR) is 45.4 cm³/mol. The first-order valence-corrected chi connectivity index (χ1v) is 3.91. The summed E-state index contributed by atoms with van der Waals surface area (Å²) in [6.07, 6.45) is 0. The van der Waals surface area contributed by atoms with Crippen LogP contribution in [0.25, 0.3) is 0 Å². The van der Waals surface area contributed by atoms with Crippen molar-refractivity contribution in [3.8, 4) is 11.8 Å². The molecule has 0 amide bonds. The molecule has 1 aromatic heterocycles. The third kappa shape index (κ3) is 1.82. The first-order valence-electron chi connectivity index (χ1n) is 3.91. The molecule has 0 aliphatic heterocycles. The Morgan fingerprint density at radius 2 is 2.25 bits per heavy atom. The van der Waals surface area contributed by atoms with Gasteiger partial charge in [0.05, 0.1) is 0 Å². The number of nitrogens with zero attached hydrogens (tertiary/aromatic N) is 4. The van der Waals surface area contributed by atoms with Crippen molar-refractivity contribution in [2.24, 2.45) is 0 Å². The molecule has 12 heavy (non-hydrogen) atoms. The fourth-order valence-electron chi connectivity index (χ4n) is 0.892. The van der Waals surface area contributed by atoms with Gasteiger partial charge >= 0.3 is 0 Å². The van der Waals surface area contributed by atoms with E-state index in [1.54, 1.807) is 11.6 Å². The first-order chi connectivity index (χ1) is 5.75. The number of rotatable bonds is 2. The van der Waals surface area contributed by atoms with Crippen LogP contribution in [0, 0.1) is 11.8 Å². The lowest BCUT2D eigenvalue weighted by Crippen LogP contribution is -2.05. The van der Waals surface area contributed by atoms with Gasteiger partial charge in [-0.15, -0.1) is 11.0 Å². The van der Waals surface area contributed by atoms with Crippen LogP contribution >= 0.6 is 0 Å². The molecule has 0 fully saturated rings. The topological polar surface area (TPSA) is 43.6 Å². The van der Waals surface area contributed by atoms with Crippen molar-refractivity contribution in [1.29, 1.82) is 0 Å². The van der Waals surface area contributed by atoms with Crippen molar-refractivity contribution < 1.29 is 0 Å². The van der Waals surface area contributed by atoms with Crippen molar-refractivity contribution in [3.63, 3.8) is 0 Å². The summed E-state index contributed by atoms with van der Waals surface area (Å²) in [5.41, 5.74) is 0. The zero-order valence-corrected chi connectivity index (χ0v) is 7.57. The van der Waals surface area contributed by atoms with E-state index in [1.165, 1.54) is 0 Å². The largest absolute Gasteiger partial charge is 0.217 e. The normalized spacial score (nSPS) is 9.67. The molecule has 0 unspecified atom stereocenters. The highest BCUT2D eigenvalue weighted by Gasteiger charge is 2.07. The lowest BCUT2D eigenvalue weighted by Gasteiger charge is -2.01. The standard InChI is InChI=1S/C8H12N4/c1-4-5-6-12-8(7(2)3)9-10-11-12/h7H,6H2,1-3H3. The zero-order chi connectivity index (χ0) is 8.97. The second-order valence-corrected chi connectivity index (χ2v) is 2.78. The number of hydrogen-bond donors (Lipinski definition) is 0. The molecule has 64 valence electrons. The van der Waals surface area contributed by atoms with Crippen molar-refractivity contribution in [2.75, 3.05) is 0 Å². The van der Waals surface area contributed by atoms with E-state index in [-0.39, 0.29) is 0 Å². The second kappa shape index (κ2) is 3.86. The van der Waals surface area contributed by atoms with Crippen LogP contribution in [-0.4, -0.2) is 20.2 Å². The van der Waals surface area contributed by atoms with E-state index in [9.17, 15) is 0 Å². The lowest BCUT2D eigenvalue weighted by molar-refractivity contribution is 0.613. The molecular formula is C8H12N4. The summed E-state index contributed by atoms with van der Waals surface area (Å²) in [7, 11) is 0. The summed E-state index contributed by atoms with van der Waals surface area (Å²) >= 11 is 0. The minimum absolute atomic E-state index is 0.346. The Hall–Kier alpha value is -1.37. The van der Waals surface area contributed by atoms with Gasteiger partial charge in [0.2, 0.25) is 0 Å². The van der Waals surface area contributed by atoms with Crippen LogP contribution in [0.2, 0.25) is 0 Å². The minimum Gasteiger partial charge on any atom is -0.217 e. The quantitative estimate of drug-likeness (QED) is 0.608. The van der Waals surface area contributed by atoms with Gasteiger partial charge in [0, 0.05) is 5.92 Å². The van der Waals surface area contributed by atoms with E-state index >= 15 is 0 Å². The molecule has 0 aliphatic carbocycles. The van der Waals surface area contributed by atoms with Crippen LogP contribution in [0.1, 0.15) is 32.5 Å². The molecule has 0 N–H and O–H groups in total. The molecule has 0 atom stereocenters. The summed E-state index contributed by atoms with van der Waals surface area (Å²) in [5.74, 6) is 6.95. The van der Waals surface area contributed by atoms with E-state index in [4.69, 9.17) is 0 Å². The monoisotopic (exact) mass is 164 g/mol. The van der Waals surface area contributed by atoms with Gasteiger partial charge in [-0.25, -0.2) is 4.68 Å². The SMILES string of the molecule is CC#CCn1nnnc1C(C)C. The van der Waals surface area contributed by atoms with Crippen molar-refractivity contribution in [3.05, 3.63) is 5.82 Å². The Labute approximate surface area is 72.0 Å². The highest BCUT2D eigenvalue weighted by atomic mass is 15.5. The van der Waals surface area contributed by atoms with E-state index in [0.717, 1.165) is 5.82 Å². The fourth-order valence-corrected chi connectivity index (χ4v) is 0.892. The van der Waals surface area contributed by atoms with Gasteiger partial charge in [-0.1, -0.05) is 19.8 Å². The van der Waals surface area contributed by atoms with Gasteiger partial charge in [-0.3, -0.25) is 0 Å². The molecule has 0 saturated carbocycles. The molecule has 1 heterocycles. The molecule has 4 nitrogen and oxygen atoms in total. The van der Waals surface area contributed by atoms with Crippen LogP contribution in [0.4, 0.5) is 0 Å². The predicted octanol–water partition coefficient (Wildman–Crippen LogP) is 0.820. The molecule has 0 aromatic carbocycles. The van der Waals surface area contributed by atoms with Crippen LogP contribution in [0.3, 0.4) is 0 Å². The molecule has 0 bridgehead atoms. The maximum atomic E-state index is 3.90. The summed E-state index contributed by atoms with van der Waals surface area (Å²) < 4.78 is 1.72. The number of hydrogen-bond acceptors (Lipinski definition) is 3. The van der Waals surface area contributed by atoms with E-state index < -0.39 is 0 Å². The first kappa shape index (κ1) is 8.72. The van der Waals surface area contributed by atoms with Crippen LogP contribution in [0.15, 0.2) is 0 Å². The Kier molecular flexibility index (Phi) is 2.81. The van der Waals surface area contributed by atoms with Crippen LogP contribution in [-0.2, 0) is 6.54 Å². The maximum absolute atomic E-state index is 3.90. The van der Waals surface area contributed by atoms with Gasteiger partial charge in [-0.2, -0.15) is 0 Å². The van der Waals surface area contributed by atoms with Crippen molar-refractivity contribution >= 4 is 0 Å². The Balaban J connectivity index is 2.81. The van der Waals surface area contributed by atoms with Gasteiger partial charge in [0.1, 0.15) is 6.54 Å². The molecule has 1 aromatic rings. The Morgan fingerprint density at radius 1 is 1.50 bits per heavy atom. The van der Waals surface area contributed by atoms with Gasteiger partial charge < -0.3 is 0 Å². The van der Waals surface area contributed by atoms with Crippen LogP contribution in [0.5, 0.6) is 0 Å². The van der Waals surface area contributed by atoms with Gasteiger partial charge in [0.25, 0.3) is 0 Å². The van der Waals surface area contributed by atoms with Crippen LogP contribution < -0.4 is 0 Å². The van der Waals surface area contributed by atoms with E-state index in [0.29, 0.717) is 12.5 Å². The molecular weight excluding hydrogens is 152 g/mol. The Morgan fingerprint density at radius 3 is 2.83 bits per heavy atom. The van der Waals surface area contributed by atoms with Gasteiger partial charge in [0.15, 0.2) is 5.82 Å². The molecule has 0 spiro atoms. The lowest BCUT2D eigenvalue weighted by atomic mass is 10.2. The summed E-state index contributed by atoms with van der Waals surface area (Å²) in [6, 6.07) is 0. The maximum Gasteiger partial charge on any atom is 0.154 e.